The minimum Gasteiger partial charge on any atom is -0.390 e. The lowest BCUT2D eigenvalue weighted by atomic mass is 9.91. The number of hydrogen-bond donors (Lipinski definition) is 2. The molecule has 0 fully saturated rings. The van der Waals surface area contributed by atoms with E-state index >= 15 is 0 Å². The Morgan fingerprint density at radius 3 is 2.38 bits per heavy atom. The summed E-state index contributed by atoms with van der Waals surface area (Å²) in [4.78, 5) is 0. The first-order valence-corrected chi connectivity index (χ1v) is 5.79. The first-order chi connectivity index (χ1) is 7.58. The highest BCUT2D eigenvalue weighted by molar-refractivity contribution is 4.96. The molecule has 2 unspecified atom stereocenters. The molecule has 0 spiro atoms. The molecule has 0 aromatic carbocycles. The molecule has 5 nitrogen and oxygen atoms in total. The Morgan fingerprint density at radius 2 is 1.94 bits per heavy atom. The van der Waals surface area contributed by atoms with Crippen LogP contribution in [-0.4, -0.2) is 37.4 Å². The maximum absolute atomic E-state index is 9.94. The molecule has 92 valence electrons. The third-order valence-electron chi connectivity index (χ3n) is 2.99. The molecule has 1 aromatic heterocycles. The Balaban J connectivity index is 2.54. The zero-order chi connectivity index (χ0) is 12.1. The Bertz CT molecular complexity index is 310. The third-order valence-corrected chi connectivity index (χ3v) is 2.99. The van der Waals surface area contributed by atoms with Gasteiger partial charge in [-0.3, -0.25) is 4.68 Å². The van der Waals surface area contributed by atoms with Crippen LogP contribution in [0.1, 0.15) is 32.4 Å². The van der Waals surface area contributed by atoms with E-state index in [1.165, 1.54) is 0 Å². The van der Waals surface area contributed by atoms with Crippen LogP contribution in [0.2, 0.25) is 0 Å². The van der Waals surface area contributed by atoms with Gasteiger partial charge >= 0.3 is 0 Å². The van der Waals surface area contributed by atoms with E-state index in [-0.39, 0.29) is 5.92 Å². The number of aromatic nitrogens is 3. The fourth-order valence-electron chi connectivity index (χ4n) is 1.91. The molecule has 0 saturated carbocycles. The van der Waals surface area contributed by atoms with Crippen molar-refractivity contribution in [1.29, 1.82) is 0 Å². The van der Waals surface area contributed by atoms with Crippen LogP contribution in [-0.2, 0) is 13.5 Å². The van der Waals surface area contributed by atoms with Gasteiger partial charge in [0.15, 0.2) is 0 Å². The summed E-state index contributed by atoms with van der Waals surface area (Å²) >= 11 is 0. The molecule has 0 aliphatic carbocycles. The van der Waals surface area contributed by atoms with E-state index < -0.39 is 12.2 Å². The van der Waals surface area contributed by atoms with Gasteiger partial charge in [0.1, 0.15) is 0 Å². The molecule has 16 heavy (non-hydrogen) atoms. The molecular weight excluding hydrogens is 206 g/mol. The molecule has 0 saturated heterocycles. The largest absolute Gasteiger partial charge is 0.390 e. The van der Waals surface area contributed by atoms with E-state index in [0.29, 0.717) is 12.1 Å². The predicted molar refractivity (Wildman–Crippen MR) is 60.8 cm³/mol. The van der Waals surface area contributed by atoms with E-state index in [2.05, 4.69) is 10.3 Å². The van der Waals surface area contributed by atoms with Gasteiger partial charge in [-0.05, 0) is 5.92 Å². The van der Waals surface area contributed by atoms with Crippen LogP contribution in [0.5, 0.6) is 0 Å². The Labute approximate surface area is 96.1 Å². The summed E-state index contributed by atoms with van der Waals surface area (Å²) in [5.74, 6) is 0.145. The zero-order valence-corrected chi connectivity index (χ0v) is 10.2. The van der Waals surface area contributed by atoms with Gasteiger partial charge in [0.25, 0.3) is 0 Å². The van der Waals surface area contributed by atoms with Gasteiger partial charge in [0.2, 0.25) is 0 Å². The molecule has 1 aromatic rings. The zero-order valence-electron chi connectivity index (χ0n) is 10.2. The molecule has 1 rings (SSSR count). The van der Waals surface area contributed by atoms with Crippen molar-refractivity contribution < 1.29 is 10.2 Å². The second-order valence-corrected chi connectivity index (χ2v) is 4.22. The summed E-state index contributed by atoms with van der Waals surface area (Å²) in [5, 5.41) is 27.5. The molecule has 2 atom stereocenters. The van der Waals surface area contributed by atoms with Gasteiger partial charge in [0, 0.05) is 19.7 Å². The van der Waals surface area contributed by atoms with Crippen LogP contribution < -0.4 is 0 Å². The van der Waals surface area contributed by atoms with Crippen molar-refractivity contribution in [3.8, 4) is 0 Å². The van der Waals surface area contributed by atoms with Crippen molar-refractivity contribution in [3.05, 3.63) is 11.9 Å². The quantitative estimate of drug-likeness (QED) is 0.743. The van der Waals surface area contributed by atoms with Gasteiger partial charge in [-0.2, -0.15) is 0 Å². The van der Waals surface area contributed by atoms with Crippen molar-refractivity contribution >= 4 is 0 Å². The topological polar surface area (TPSA) is 71.2 Å². The molecule has 0 amide bonds. The summed E-state index contributed by atoms with van der Waals surface area (Å²) in [6.45, 7) is 4.04. The molecule has 0 radical (unpaired) electrons. The van der Waals surface area contributed by atoms with Crippen molar-refractivity contribution in [2.24, 2.45) is 13.0 Å². The van der Waals surface area contributed by atoms with Crippen LogP contribution in [0.15, 0.2) is 6.20 Å². The van der Waals surface area contributed by atoms with Gasteiger partial charge in [-0.25, -0.2) is 0 Å². The Kier molecular flexibility index (Phi) is 4.89. The fourth-order valence-corrected chi connectivity index (χ4v) is 1.91. The lowest BCUT2D eigenvalue weighted by Crippen LogP contribution is -2.34. The lowest BCUT2D eigenvalue weighted by Gasteiger charge is -2.24. The smallest absolute Gasteiger partial charge is 0.0858 e. The van der Waals surface area contributed by atoms with Crippen molar-refractivity contribution in [1.82, 2.24) is 15.0 Å². The number of aryl methyl sites for hydroxylation is 1. The summed E-state index contributed by atoms with van der Waals surface area (Å²) in [5.41, 5.74) is 0.708. The van der Waals surface area contributed by atoms with Crippen LogP contribution in [0.25, 0.3) is 0 Å². The second-order valence-electron chi connectivity index (χ2n) is 4.22. The minimum absolute atomic E-state index is 0.145. The molecule has 0 aliphatic rings. The van der Waals surface area contributed by atoms with Crippen molar-refractivity contribution in [3.63, 3.8) is 0 Å². The maximum atomic E-state index is 9.94. The maximum Gasteiger partial charge on any atom is 0.0858 e. The van der Waals surface area contributed by atoms with Gasteiger partial charge in [-0.1, -0.05) is 31.9 Å². The fraction of sp³-hybridized carbons (Fsp3) is 0.818. The van der Waals surface area contributed by atoms with E-state index in [4.69, 9.17) is 0 Å². The average molecular weight is 227 g/mol. The minimum atomic E-state index is -0.762. The number of aliphatic hydroxyl groups excluding tert-OH is 2. The highest BCUT2D eigenvalue weighted by atomic mass is 16.3. The monoisotopic (exact) mass is 227 g/mol. The molecule has 5 heteroatoms. The Hall–Kier alpha value is -0.940. The van der Waals surface area contributed by atoms with Gasteiger partial charge in [-0.15, -0.1) is 5.10 Å². The van der Waals surface area contributed by atoms with Crippen LogP contribution >= 0.6 is 0 Å². The highest BCUT2D eigenvalue weighted by Crippen LogP contribution is 2.17. The number of aliphatic hydroxyl groups is 2. The van der Waals surface area contributed by atoms with Crippen molar-refractivity contribution in [2.75, 3.05) is 0 Å². The summed E-state index contributed by atoms with van der Waals surface area (Å²) in [7, 11) is 1.78. The molecule has 1 heterocycles. The van der Waals surface area contributed by atoms with E-state index in [0.717, 1.165) is 12.8 Å². The highest BCUT2D eigenvalue weighted by Gasteiger charge is 2.24. The van der Waals surface area contributed by atoms with E-state index in [1.54, 1.807) is 17.9 Å². The summed E-state index contributed by atoms with van der Waals surface area (Å²) in [6, 6.07) is 0. The normalized spacial score (nSPS) is 15.4. The van der Waals surface area contributed by atoms with Crippen LogP contribution in [0, 0.1) is 5.92 Å². The number of hydrogen-bond acceptors (Lipinski definition) is 4. The first-order valence-electron chi connectivity index (χ1n) is 5.79. The van der Waals surface area contributed by atoms with E-state index in [1.807, 2.05) is 13.8 Å². The van der Waals surface area contributed by atoms with E-state index in [9.17, 15) is 10.2 Å². The summed E-state index contributed by atoms with van der Waals surface area (Å²) < 4.78 is 1.59. The SMILES string of the molecule is CCC(CC)C(O)C(O)Cc1cn(C)nn1. The van der Waals surface area contributed by atoms with Gasteiger partial charge in [0.05, 0.1) is 17.9 Å². The molecule has 0 aliphatic heterocycles. The van der Waals surface area contributed by atoms with Crippen LogP contribution in [0.3, 0.4) is 0 Å². The third kappa shape index (κ3) is 3.28. The predicted octanol–water partition coefficient (Wildman–Crippen LogP) is 0.516. The number of nitrogens with zero attached hydrogens (tertiary/aromatic N) is 3. The van der Waals surface area contributed by atoms with Crippen molar-refractivity contribution in [2.45, 2.75) is 45.3 Å². The molecule has 2 N–H and O–H groups in total. The van der Waals surface area contributed by atoms with Crippen LogP contribution in [0.4, 0.5) is 0 Å². The van der Waals surface area contributed by atoms with Gasteiger partial charge < -0.3 is 10.2 Å². The lowest BCUT2D eigenvalue weighted by molar-refractivity contribution is -0.0192. The Morgan fingerprint density at radius 1 is 1.31 bits per heavy atom. The number of rotatable bonds is 6. The average Bonchev–Trinajstić information content (AvgIpc) is 2.65. The molecule has 0 bridgehead atoms. The second kappa shape index (κ2) is 5.96. The summed E-state index contributed by atoms with van der Waals surface area (Å²) in [6.07, 6.45) is 2.40. The first kappa shape index (κ1) is 13.1. The molecular formula is C11H21N3O2. The standard InChI is InChI=1S/C11H21N3O2/c1-4-8(5-2)11(16)10(15)6-9-7-14(3)13-12-9/h7-8,10-11,15-16H,4-6H2,1-3H3.